The number of ether oxygens (including phenoxy) is 3. The van der Waals surface area contributed by atoms with Crippen molar-refractivity contribution in [2.24, 2.45) is 21.7 Å². The van der Waals surface area contributed by atoms with E-state index >= 15 is 0 Å². The van der Waals surface area contributed by atoms with Crippen molar-refractivity contribution in [3.8, 4) is 5.75 Å². The van der Waals surface area contributed by atoms with E-state index in [9.17, 15) is 29.1 Å². The second kappa shape index (κ2) is 12.9. The SMILES string of the molecule is CCC(C)(CC(C)(CC(C)(CC(C)(C)C(=O)C(=O)Oc1ccc2ccccc2c1)C(=O)O)C(=O)OC)C(=O)OC(C)(C)C. The lowest BCUT2D eigenvalue weighted by Gasteiger charge is -2.42. The minimum Gasteiger partial charge on any atom is -0.481 e. The van der Waals surface area contributed by atoms with Gasteiger partial charge in [0.25, 0.3) is 0 Å². The maximum atomic E-state index is 13.4. The zero-order valence-corrected chi connectivity index (χ0v) is 27.1. The second-order valence-corrected chi connectivity index (χ2v) is 14.0. The van der Waals surface area contributed by atoms with Crippen LogP contribution in [0.1, 0.15) is 88.0 Å². The van der Waals surface area contributed by atoms with E-state index in [0.29, 0.717) is 6.42 Å². The Morgan fingerprint density at radius 3 is 1.79 bits per heavy atom. The number of carbonyl (C=O) groups is 5. The zero-order chi connectivity index (χ0) is 33.0. The average Bonchev–Trinajstić information content (AvgIpc) is 2.90. The van der Waals surface area contributed by atoms with Crippen molar-refractivity contribution in [3.63, 3.8) is 0 Å². The summed E-state index contributed by atoms with van der Waals surface area (Å²) in [6.07, 6.45) is -0.290. The Kier molecular flexibility index (Phi) is 10.6. The van der Waals surface area contributed by atoms with Gasteiger partial charge in [0.05, 0.1) is 23.4 Å². The normalized spacial score (nSPS) is 16.2. The molecule has 9 nitrogen and oxygen atoms in total. The number of ketones is 1. The van der Waals surface area contributed by atoms with Crippen LogP contribution >= 0.6 is 0 Å². The molecule has 0 aromatic heterocycles. The minimum absolute atomic E-state index is 0.0562. The summed E-state index contributed by atoms with van der Waals surface area (Å²) in [7, 11) is 1.20. The van der Waals surface area contributed by atoms with Crippen LogP contribution in [0.15, 0.2) is 42.5 Å². The van der Waals surface area contributed by atoms with Gasteiger partial charge in [0.2, 0.25) is 5.78 Å². The topological polar surface area (TPSA) is 133 Å². The van der Waals surface area contributed by atoms with E-state index in [0.717, 1.165) is 10.8 Å². The van der Waals surface area contributed by atoms with Gasteiger partial charge in [-0.05, 0) is 90.1 Å². The molecule has 9 heteroatoms. The average molecular weight is 599 g/mol. The monoisotopic (exact) mass is 598 g/mol. The molecule has 0 amide bonds. The van der Waals surface area contributed by atoms with Crippen LogP contribution in [-0.4, -0.2) is 47.5 Å². The molecule has 43 heavy (non-hydrogen) atoms. The van der Waals surface area contributed by atoms with Gasteiger partial charge in [0, 0.05) is 5.41 Å². The second-order valence-electron chi connectivity index (χ2n) is 14.0. The molecule has 0 heterocycles. The summed E-state index contributed by atoms with van der Waals surface area (Å²) in [5, 5.41) is 12.2. The first-order chi connectivity index (χ1) is 19.6. The molecule has 0 spiro atoms. The predicted octanol–water partition coefficient (Wildman–Crippen LogP) is 6.54. The molecule has 0 aliphatic carbocycles. The molecular formula is C34H46O9. The van der Waals surface area contributed by atoms with Crippen molar-refractivity contribution in [3.05, 3.63) is 42.5 Å². The third-order valence-electron chi connectivity index (χ3n) is 7.99. The third kappa shape index (κ3) is 8.65. The lowest BCUT2D eigenvalue weighted by Crippen LogP contribution is -2.47. The van der Waals surface area contributed by atoms with E-state index in [-0.39, 0.29) is 25.0 Å². The summed E-state index contributed by atoms with van der Waals surface area (Å²) >= 11 is 0. The van der Waals surface area contributed by atoms with Gasteiger partial charge in [-0.15, -0.1) is 0 Å². The van der Waals surface area contributed by atoms with Crippen LogP contribution in [0, 0.1) is 21.7 Å². The Labute approximate surface area is 254 Å². The fourth-order valence-electron chi connectivity index (χ4n) is 5.85. The van der Waals surface area contributed by atoms with Crippen LogP contribution in [0.5, 0.6) is 5.75 Å². The highest BCUT2D eigenvalue weighted by molar-refractivity contribution is 6.36. The molecule has 2 aromatic rings. The van der Waals surface area contributed by atoms with Crippen molar-refractivity contribution in [2.45, 2.75) is 93.6 Å². The number of hydrogen-bond acceptors (Lipinski definition) is 8. The van der Waals surface area contributed by atoms with Crippen molar-refractivity contribution in [2.75, 3.05) is 7.11 Å². The third-order valence-corrected chi connectivity index (χ3v) is 7.99. The number of methoxy groups -OCH3 is 1. The van der Waals surface area contributed by atoms with E-state index in [1.54, 1.807) is 59.7 Å². The van der Waals surface area contributed by atoms with E-state index in [1.807, 2.05) is 24.3 Å². The Bertz CT molecular complexity index is 1390. The Morgan fingerprint density at radius 2 is 1.28 bits per heavy atom. The number of Topliss-reactive ketones (excluding diaryl/α,β-unsaturated/α-hetero) is 1. The van der Waals surface area contributed by atoms with Crippen LogP contribution in [0.2, 0.25) is 0 Å². The molecule has 0 fully saturated rings. The first-order valence-corrected chi connectivity index (χ1v) is 14.4. The lowest BCUT2D eigenvalue weighted by molar-refractivity contribution is -0.173. The molecule has 2 aromatic carbocycles. The molecule has 0 saturated carbocycles. The molecule has 0 radical (unpaired) electrons. The number of carboxylic acids is 1. The maximum Gasteiger partial charge on any atom is 0.380 e. The minimum atomic E-state index is -1.67. The number of rotatable bonds is 13. The van der Waals surface area contributed by atoms with E-state index < -0.39 is 56.9 Å². The summed E-state index contributed by atoms with van der Waals surface area (Å²) in [6.45, 7) is 14.6. The first-order valence-electron chi connectivity index (χ1n) is 14.4. The largest absolute Gasteiger partial charge is 0.481 e. The van der Waals surface area contributed by atoms with E-state index in [4.69, 9.17) is 14.2 Å². The van der Waals surface area contributed by atoms with Crippen molar-refractivity contribution >= 4 is 40.4 Å². The molecule has 0 aliphatic rings. The number of carbonyl (C=O) groups excluding carboxylic acids is 4. The predicted molar refractivity (Wildman–Crippen MR) is 162 cm³/mol. The number of benzene rings is 2. The highest BCUT2D eigenvalue weighted by atomic mass is 16.6. The van der Waals surface area contributed by atoms with Crippen LogP contribution in [0.25, 0.3) is 10.8 Å². The molecular weight excluding hydrogens is 552 g/mol. The molecule has 236 valence electrons. The maximum absolute atomic E-state index is 13.4. The molecule has 3 unspecified atom stereocenters. The standard InChI is InChI=1S/C34H46O9/c1-11-32(7,29(40)43-30(2,3)4)20-34(9,28(39)41-10)21-33(8,27(37)38)19-31(5,6)25(35)26(36)42-24-17-16-22-14-12-13-15-23(22)18-24/h12-18H,11,19-21H2,1-10H3,(H,37,38). The van der Waals surface area contributed by atoms with Crippen LogP contribution < -0.4 is 4.74 Å². The molecule has 2 rings (SSSR count). The van der Waals surface area contributed by atoms with Crippen LogP contribution in [0.3, 0.4) is 0 Å². The molecule has 1 N–H and O–H groups in total. The van der Waals surface area contributed by atoms with Gasteiger partial charge in [-0.25, -0.2) is 4.79 Å². The molecule has 0 aliphatic heterocycles. The van der Waals surface area contributed by atoms with Crippen molar-refractivity contribution in [1.82, 2.24) is 0 Å². The quantitative estimate of drug-likeness (QED) is 0.155. The number of hydrogen-bond donors (Lipinski definition) is 1. The zero-order valence-electron chi connectivity index (χ0n) is 27.1. The highest BCUT2D eigenvalue weighted by Gasteiger charge is 2.53. The van der Waals surface area contributed by atoms with Crippen molar-refractivity contribution in [1.29, 1.82) is 0 Å². The summed E-state index contributed by atoms with van der Waals surface area (Å²) in [5.74, 6) is -4.30. The van der Waals surface area contributed by atoms with Gasteiger partial charge < -0.3 is 19.3 Å². The number of esters is 3. The van der Waals surface area contributed by atoms with Crippen LogP contribution in [0.4, 0.5) is 0 Å². The van der Waals surface area contributed by atoms with E-state index in [2.05, 4.69) is 0 Å². The smallest absolute Gasteiger partial charge is 0.380 e. The highest BCUT2D eigenvalue weighted by Crippen LogP contribution is 2.49. The Morgan fingerprint density at radius 1 is 0.721 bits per heavy atom. The van der Waals surface area contributed by atoms with Gasteiger partial charge in [0.15, 0.2) is 0 Å². The number of carboxylic acid groups (broad SMARTS) is 1. The van der Waals surface area contributed by atoms with Crippen LogP contribution in [-0.2, 0) is 33.4 Å². The first kappa shape index (κ1) is 35.4. The summed E-state index contributed by atoms with van der Waals surface area (Å²) in [4.78, 5) is 65.6. The van der Waals surface area contributed by atoms with Gasteiger partial charge >= 0.3 is 23.9 Å². The Balaban J connectivity index is 2.37. The summed E-state index contributed by atoms with van der Waals surface area (Å²) < 4.78 is 16.1. The molecule has 0 bridgehead atoms. The fourth-order valence-corrected chi connectivity index (χ4v) is 5.85. The number of fused-ring (bicyclic) bond motifs is 1. The van der Waals surface area contributed by atoms with E-state index in [1.165, 1.54) is 27.9 Å². The molecule has 0 saturated heterocycles. The van der Waals surface area contributed by atoms with Gasteiger partial charge in [-0.2, -0.15) is 0 Å². The van der Waals surface area contributed by atoms with Crippen molar-refractivity contribution < 1.29 is 43.3 Å². The van der Waals surface area contributed by atoms with Gasteiger partial charge in [-0.1, -0.05) is 51.1 Å². The summed E-state index contributed by atoms with van der Waals surface area (Å²) in [6, 6.07) is 12.5. The molecule has 3 atom stereocenters. The fraction of sp³-hybridized carbons (Fsp3) is 0.559. The summed E-state index contributed by atoms with van der Waals surface area (Å²) in [5.41, 5.74) is -6.50. The van der Waals surface area contributed by atoms with Gasteiger partial charge in [-0.3, -0.25) is 19.2 Å². The Hall–Kier alpha value is -3.75. The number of aliphatic carboxylic acids is 1. The lowest BCUT2D eigenvalue weighted by atomic mass is 9.61. The van der Waals surface area contributed by atoms with Gasteiger partial charge in [0.1, 0.15) is 11.4 Å².